The fourth-order valence-electron chi connectivity index (χ4n) is 2.19. The maximum absolute atomic E-state index is 12.7. The van der Waals surface area contributed by atoms with Crippen LogP contribution in [0.4, 0.5) is 5.82 Å². The van der Waals surface area contributed by atoms with Crippen LogP contribution in [0.3, 0.4) is 0 Å². The molecule has 0 spiro atoms. The van der Waals surface area contributed by atoms with E-state index in [-0.39, 0.29) is 11.9 Å². The molecular weight excluding hydrogens is 286 g/mol. The first kappa shape index (κ1) is 16.1. The molecule has 1 aliphatic rings. The van der Waals surface area contributed by atoms with Gasteiger partial charge in [-0.05, 0) is 51.2 Å². The van der Waals surface area contributed by atoms with Crippen molar-refractivity contribution in [2.75, 3.05) is 18.4 Å². The zero-order chi connectivity index (χ0) is 15.4. The van der Waals surface area contributed by atoms with Crippen LogP contribution in [0.25, 0.3) is 0 Å². The Morgan fingerprint density at radius 3 is 2.76 bits per heavy atom. The predicted octanol–water partition coefficient (Wildman–Crippen LogP) is 3.82. The summed E-state index contributed by atoms with van der Waals surface area (Å²) in [7, 11) is 0. The van der Waals surface area contributed by atoms with Gasteiger partial charge in [0.25, 0.3) is 5.91 Å². The van der Waals surface area contributed by atoms with E-state index in [9.17, 15) is 4.79 Å². The molecule has 21 heavy (non-hydrogen) atoms. The Bertz CT molecular complexity index is 500. The third-order valence-corrected chi connectivity index (χ3v) is 3.95. The minimum atomic E-state index is -0.0675. The van der Waals surface area contributed by atoms with Gasteiger partial charge in [-0.1, -0.05) is 18.5 Å². The molecule has 0 aromatic carbocycles. The Kier molecular flexibility index (Phi) is 5.45. The van der Waals surface area contributed by atoms with E-state index in [0.29, 0.717) is 22.5 Å². The normalized spacial score (nSPS) is 14.3. The first-order valence-electron chi connectivity index (χ1n) is 7.74. The van der Waals surface area contributed by atoms with Gasteiger partial charge in [0.2, 0.25) is 0 Å². The van der Waals surface area contributed by atoms with Crippen molar-refractivity contribution in [1.82, 2.24) is 9.88 Å². The standard InChI is InChI=1S/C16H24ClN3O/c1-4-9-18-14-8-7-13(17)15(19-14)16(21)20(11(2)3)10-12-5-6-12/h7-8,11-12H,4-6,9-10H2,1-3H3,(H,18,19). The number of rotatable bonds is 7. The van der Waals surface area contributed by atoms with Gasteiger partial charge in [0.1, 0.15) is 11.5 Å². The van der Waals surface area contributed by atoms with Crippen LogP contribution in [0.1, 0.15) is 50.5 Å². The Labute approximate surface area is 131 Å². The average Bonchev–Trinajstić information content (AvgIpc) is 3.27. The number of nitrogens with one attached hydrogen (secondary N) is 1. The lowest BCUT2D eigenvalue weighted by Gasteiger charge is -2.27. The van der Waals surface area contributed by atoms with E-state index in [0.717, 1.165) is 19.5 Å². The number of amides is 1. The molecule has 0 radical (unpaired) electrons. The van der Waals surface area contributed by atoms with Gasteiger partial charge in [-0.15, -0.1) is 0 Å². The largest absolute Gasteiger partial charge is 0.370 e. The van der Waals surface area contributed by atoms with Crippen LogP contribution in [-0.2, 0) is 0 Å². The zero-order valence-electron chi connectivity index (χ0n) is 13.0. The van der Waals surface area contributed by atoms with Crippen molar-refractivity contribution in [3.05, 3.63) is 22.8 Å². The zero-order valence-corrected chi connectivity index (χ0v) is 13.8. The minimum Gasteiger partial charge on any atom is -0.370 e. The van der Waals surface area contributed by atoms with Crippen LogP contribution in [0.15, 0.2) is 12.1 Å². The first-order valence-corrected chi connectivity index (χ1v) is 8.12. The Morgan fingerprint density at radius 2 is 2.19 bits per heavy atom. The number of carbonyl (C=O) groups excluding carboxylic acids is 1. The lowest BCUT2D eigenvalue weighted by atomic mass is 10.2. The molecule has 2 rings (SSSR count). The summed E-state index contributed by atoms with van der Waals surface area (Å²) < 4.78 is 0. The maximum atomic E-state index is 12.7. The van der Waals surface area contributed by atoms with E-state index in [1.807, 2.05) is 24.8 Å². The molecule has 1 saturated carbocycles. The van der Waals surface area contributed by atoms with Crippen molar-refractivity contribution in [2.24, 2.45) is 5.92 Å². The van der Waals surface area contributed by atoms with Crippen LogP contribution >= 0.6 is 11.6 Å². The topological polar surface area (TPSA) is 45.2 Å². The van der Waals surface area contributed by atoms with Gasteiger partial charge < -0.3 is 10.2 Å². The predicted molar refractivity (Wildman–Crippen MR) is 86.9 cm³/mol. The fourth-order valence-corrected chi connectivity index (χ4v) is 2.37. The summed E-state index contributed by atoms with van der Waals surface area (Å²) in [6.45, 7) is 7.80. The third-order valence-electron chi connectivity index (χ3n) is 3.64. The van der Waals surface area contributed by atoms with E-state index in [4.69, 9.17) is 11.6 Å². The number of halogens is 1. The molecule has 1 N–H and O–H groups in total. The van der Waals surface area contributed by atoms with Crippen molar-refractivity contribution in [3.63, 3.8) is 0 Å². The van der Waals surface area contributed by atoms with Gasteiger partial charge in [-0.3, -0.25) is 4.79 Å². The van der Waals surface area contributed by atoms with Crippen LogP contribution < -0.4 is 5.32 Å². The smallest absolute Gasteiger partial charge is 0.274 e. The number of carbonyl (C=O) groups is 1. The lowest BCUT2D eigenvalue weighted by molar-refractivity contribution is 0.0690. The minimum absolute atomic E-state index is 0.0675. The van der Waals surface area contributed by atoms with Crippen molar-refractivity contribution >= 4 is 23.3 Å². The molecule has 1 fully saturated rings. The quantitative estimate of drug-likeness (QED) is 0.833. The second kappa shape index (κ2) is 7.12. The van der Waals surface area contributed by atoms with Crippen molar-refractivity contribution in [1.29, 1.82) is 0 Å². The van der Waals surface area contributed by atoms with Gasteiger partial charge >= 0.3 is 0 Å². The Morgan fingerprint density at radius 1 is 1.48 bits per heavy atom. The number of nitrogens with zero attached hydrogens (tertiary/aromatic N) is 2. The molecule has 1 amide bonds. The summed E-state index contributed by atoms with van der Waals surface area (Å²) in [5.74, 6) is 1.29. The molecular formula is C16H24ClN3O. The number of aromatic nitrogens is 1. The van der Waals surface area contributed by atoms with Gasteiger partial charge in [0.15, 0.2) is 0 Å². The van der Waals surface area contributed by atoms with Gasteiger partial charge in [-0.2, -0.15) is 0 Å². The molecule has 1 aliphatic carbocycles. The van der Waals surface area contributed by atoms with Crippen LogP contribution in [0.2, 0.25) is 5.02 Å². The van der Waals surface area contributed by atoms with Gasteiger partial charge in [0, 0.05) is 19.1 Å². The molecule has 116 valence electrons. The molecule has 0 unspecified atom stereocenters. The summed E-state index contributed by atoms with van der Waals surface area (Å²) in [6.07, 6.45) is 3.44. The summed E-state index contributed by atoms with van der Waals surface area (Å²) >= 11 is 6.19. The summed E-state index contributed by atoms with van der Waals surface area (Å²) in [4.78, 5) is 19.0. The number of hydrogen-bond donors (Lipinski definition) is 1. The second-order valence-electron chi connectivity index (χ2n) is 5.95. The summed E-state index contributed by atoms with van der Waals surface area (Å²) in [5, 5.41) is 3.62. The molecule has 4 nitrogen and oxygen atoms in total. The van der Waals surface area contributed by atoms with E-state index in [1.165, 1.54) is 12.8 Å². The highest BCUT2D eigenvalue weighted by molar-refractivity contribution is 6.33. The van der Waals surface area contributed by atoms with Crippen LogP contribution in [0.5, 0.6) is 0 Å². The van der Waals surface area contributed by atoms with Gasteiger partial charge in [-0.25, -0.2) is 4.98 Å². The number of hydrogen-bond acceptors (Lipinski definition) is 3. The first-order chi connectivity index (χ1) is 10.0. The fraction of sp³-hybridized carbons (Fsp3) is 0.625. The molecule has 0 saturated heterocycles. The van der Waals surface area contributed by atoms with E-state index in [1.54, 1.807) is 6.07 Å². The van der Waals surface area contributed by atoms with Gasteiger partial charge in [0.05, 0.1) is 5.02 Å². The highest BCUT2D eigenvalue weighted by atomic mass is 35.5. The Balaban J connectivity index is 2.18. The second-order valence-corrected chi connectivity index (χ2v) is 6.36. The highest BCUT2D eigenvalue weighted by Crippen LogP contribution is 2.31. The average molecular weight is 310 g/mol. The molecule has 1 heterocycles. The van der Waals surface area contributed by atoms with Crippen LogP contribution in [-0.4, -0.2) is 34.9 Å². The number of pyridine rings is 1. The molecule has 0 atom stereocenters. The molecule has 5 heteroatoms. The maximum Gasteiger partial charge on any atom is 0.274 e. The highest BCUT2D eigenvalue weighted by Gasteiger charge is 2.30. The van der Waals surface area contributed by atoms with E-state index < -0.39 is 0 Å². The molecule has 0 bridgehead atoms. The van der Waals surface area contributed by atoms with Crippen molar-refractivity contribution < 1.29 is 4.79 Å². The lowest BCUT2D eigenvalue weighted by Crippen LogP contribution is -2.39. The van der Waals surface area contributed by atoms with Crippen LogP contribution in [0, 0.1) is 5.92 Å². The molecule has 0 aliphatic heterocycles. The SMILES string of the molecule is CCCNc1ccc(Cl)c(C(=O)N(CC2CC2)C(C)C)n1. The monoisotopic (exact) mass is 309 g/mol. The summed E-state index contributed by atoms with van der Waals surface area (Å²) in [6, 6.07) is 3.72. The third kappa shape index (κ3) is 4.34. The van der Waals surface area contributed by atoms with Crippen molar-refractivity contribution in [2.45, 2.75) is 46.1 Å². The van der Waals surface area contributed by atoms with E-state index >= 15 is 0 Å². The number of anilines is 1. The summed E-state index contributed by atoms with van der Waals surface area (Å²) in [5.41, 5.74) is 0.354. The van der Waals surface area contributed by atoms with Crippen molar-refractivity contribution in [3.8, 4) is 0 Å². The Hall–Kier alpha value is -1.29. The van der Waals surface area contributed by atoms with E-state index in [2.05, 4.69) is 17.2 Å². The molecule has 1 aromatic rings. The molecule has 1 aromatic heterocycles.